The van der Waals surface area contributed by atoms with E-state index in [9.17, 15) is 26.3 Å². The van der Waals surface area contributed by atoms with E-state index in [2.05, 4.69) is 16.5 Å². The largest absolute Gasteiger partial charge is 0.433 e. The van der Waals surface area contributed by atoms with Gasteiger partial charge in [-0.2, -0.15) is 26.3 Å². The second kappa shape index (κ2) is 6.25. The number of nitrogens with one attached hydrogen (secondary N) is 1. The van der Waals surface area contributed by atoms with Crippen molar-refractivity contribution in [2.45, 2.75) is 44.0 Å². The van der Waals surface area contributed by atoms with Gasteiger partial charge in [-0.25, -0.2) is 4.98 Å². The van der Waals surface area contributed by atoms with Crippen LogP contribution < -0.4 is 0 Å². The van der Waals surface area contributed by atoms with Crippen LogP contribution in [0.5, 0.6) is 0 Å². The fourth-order valence-corrected chi connectivity index (χ4v) is 3.92. The highest BCUT2D eigenvalue weighted by Crippen LogP contribution is 2.41. The van der Waals surface area contributed by atoms with E-state index in [1.54, 1.807) is 6.07 Å². The van der Waals surface area contributed by atoms with Gasteiger partial charge < -0.3 is 4.98 Å². The van der Waals surface area contributed by atoms with Gasteiger partial charge in [0.05, 0.1) is 16.6 Å². The number of allylic oxidation sites excluding steroid dienone is 1. The van der Waals surface area contributed by atoms with Gasteiger partial charge in [-0.15, -0.1) is 0 Å². The minimum atomic E-state index is -4.98. The van der Waals surface area contributed by atoms with Crippen LogP contribution in [0.25, 0.3) is 21.8 Å². The first kappa shape index (κ1) is 18.8. The number of benzene rings is 1. The van der Waals surface area contributed by atoms with Crippen LogP contribution in [0.15, 0.2) is 36.4 Å². The molecule has 1 saturated carbocycles. The Kier molecular flexibility index (Phi) is 4.21. The number of pyridine rings is 1. The first-order valence-electron chi connectivity index (χ1n) is 8.81. The Labute approximate surface area is 156 Å². The van der Waals surface area contributed by atoms with E-state index in [1.807, 2.05) is 0 Å². The third-order valence-electron chi connectivity index (χ3n) is 5.25. The van der Waals surface area contributed by atoms with Crippen molar-refractivity contribution in [2.24, 2.45) is 0 Å². The number of rotatable bonds is 1. The van der Waals surface area contributed by atoms with E-state index in [-0.39, 0.29) is 28.4 Å². The normalized spacial score (nSPS) is 18.9. The standard InChI is InChI=1S/C20H16F6N2/c1-10-3-2-4-11(7-10)15-8-12-5-6-13-14(19(21,22)23)9-16(20(24,25)26)28-18(13)17(12)27-15/h5-6,8-9,11,27H,1-4,7H2. The number of alkyl halides is 6. The zero-order valence-electron chi connectivity index (χ0n) is 14.6. The number of fused-ring (bicyclic) bond motifs is 3. The molecule has 1 fully saturated rings. The van der Waals surface area contributed by atoms with E-state index < -0.39 is 23.6 Å². The van der Waals surface area contributed by atoms with Gasteiger partial charge >= 0.3 is 12.4 Å². The summed E-state index contributed by atoms with van der Waals surface area (Å²) in [4.78, 5) is 6.60. The van der Waals surface area contributed by atoms with Crippen LogP contribution in [0.3, 0.4) is 0 Å². The van der Waals surface area contributed by atoms with E-state index in [0.717, 1.165) is 37.0 Å². The van der Waals surface area contributed by atoms with Gasteiger partial charge in [0.1, 0.15) is 5.69 Å². The summed E-state index contributed by atoms with van der Waals surface area (Å²) in [6.45, 7) is 3.99. The molecule has 2 heterocycles. The van der Waals surface area contributed by atoms with Crippen LogP contribution in [0, 0.1) is 0 Å². The summed E-state index contributed by atoms with van der Waals surface area (Å²) in [7, 11) is 0. The molecule has 0 aliphatic heterocycles. The molecule has 1 aromatic carbocycles. The second-order valence-electron chi connectivity index (χ2n) is 7.24. The van der Waals surface area contributed by atoms with Crippen LogP contribution in [0.1, 0.15) is 48.6 Å². The molecule has 1 aliphatic rings. The van der Waals surface area contributed by atoms with Crippen LogP contribution in [0.4, 0.5) is 26.3 Å². The lowest BCUT2D eigenvalue weighted by Crippen LogP contribution is -2.13. The lowest BCUT2D eigenvalue weighted by atomic mass is 9.84. The second-order valence-corrected chi connectivity index (χ2v) is 7.24. The Morgan fingerprint density at radius 1 is 1.04 bits per heavy atom. The summed E-state index contributed by atoms with van der Waals surface area (Å²) < 4.78 is 79.8. The summed E-state index contributed by atoms with van der Waals surface area (Å²) in [6, 6.07) is 4.53. The van der Waals surface area contributed by atoms with Crippen molar-refractivity contribution >= 4 is 21.8 Å². The molecule has 28 heavy (non-hydrogen) atoms. The maximum absolute atomic E-state index is 13.4. The molecule has 0 radical (unpaired) electrons. The molecule has 1 N–H and O–H groups in total. The van der Waals surface area contributed by atoms with Crippen molar-refractivity contribution in [3.63, 3.8) is 0 Å². The summed E-state index contributed by atoms with van der Waals surface area (Å²) in [5.41, 5.74) is -1.13. The van der Waals surface area contributed by atoms with Crippen molar-refractivity contribution in [3.8, 4) is 0 Å². The van der Waals surface area contributed by atoms with Gasteiger partial charge in [-0.05, 0) is 37.8 Å². The molecule has 1 atom stereocenters. The summed E-state index contributed by atoms with van der Waals surface area (Å²) in [5.74, 6) is 0.122. The van der Waals surface area contributed by atoms with Crippen molar-refractivity contribution in [1.82, 2.24) is 9.97 Å². The maximum Gasteiger partial charge on any atom is 0.433 e. The zero-order chi connectivity index (χ0) is 20.3. The zero-order valence-corrected chi connectivity index (χ0v) is 14.6. The first-order chi connectivity index (χ1) is 13.0. The summed E-state index contributed by atoms with van der Waals surface area (Å²) >= 11 is 0. The van der Waals surface area contributed by atoms with Crippen molar-refractivity contribution < 1.29 is 26.3 Å². The molecule has 0 amide bonds. The predicted molar refractivity (Wildman–Crippen MR) is 94.0 cm³/mol. The molecular formula is C20H16F6N2. The lowest BCUT2D eigenvalue weighted by molar-refractivity contribution is -0.144. The lowest BCUT2D eigenvalue weighted by Gasteiger charge is -2.22. The number of aromatic nitrogens is 2. The van der Waals surface area contributed by atoms with Gasteiger partial charge in [0.2, 0.25) is 0 Å². The smallest absolute Gasteiger partial charge is 0.356 e. The van der Waals surface area contributed by atoms with E-state index in [1.165, 1.54) is 12.1 Å². The number of H-pyrrole nitrogens is 1. The van der Waals surface area contributed by atoms with Crippen molar-refractivity contribution in [1.29, 1.82) is 0 Å². The Morgan fingerprint density at radius 3 is 2.43 bits per heavy atom. The van der Waals surface area contributed by atoms with Crippen molar-refractivity contribution in [3.05, 3.63) is 53.4 Å². The molecule has 1 aliphatic carbocycles. The fraction of sp³-hybridized carbons (Fsp3) is 0.350. The molecule has 0 spiro atoms. The van der Waals surface area contributed by atoms with Crippen LogP contribution in [0.2, 0.25) is 0 Å². The Bertz CT molecular complexity index is 1070. The predicted octanol–water partition coefficient (Wildman–Crippen LogP) is 6.97. The molecule has 1 unspecified atom stereocenters. The number of halogens is 6. The number of hydrogen-bond acceptors (Lipinski definition) is 1. The molecule has 4 rings (SSSR count). The minimum Gasteiger partial charge on any atom is -0.356 e. The molecule has 2 aromatic heterocycles. The van der Waals surface area contributed by atoms with Gasteiger partial charge in [-0.1, -0.05) is 24.3 Å². The van der Waals surface area contributed by atoms with Gasteiger partial charge in [0, 0.05) is 22.4 Å². The minimum absolute atomic E-state index is 0.0726. The molecule has 3 aromatic rings. The highest BCUT2D eigenvalue weighted by molar-refractivity contribution is 6.04. The van der Waals surface area contributed by atoms with Crippen LogP contribution in [-0.2, 0) is 12.4 Å². The topological polar surface area (TPSA) is 28.7 Å². The van der Waals surface area contributed by atoms with E-state index in [0.29, 0.717) is 5.39 Å². The molecular weight excluding hydrogens is 382 g/mol. The summed E-state index contributed by atoms with van der Waals surface area (Å²) in [5, 5.41) is 0.188. The molecule has 2 nitrogen and oxygen atoms in total. The number of aromatic amines is 1. The molecule has 0 bridgehead atoms. The van der Waals surface area contributed by atoms with Crippen LogP contribution >= 0.6 is 0 Å². The molecule has 0 saturated heterocycles. The Morgan fingerprint density at radius 2 is 1.79 bits per heavy atom. The van der Waals surface area contributed by atoms with E-state index in [4.69, 9.17) is 0 Å². The quantitative estimate of drug-likeness (QED) is 0.348. The van der Waals surface area contributed by atoms with Gasteiger partial charge in [-0.3, -0.25) is 0 Å². The fourth-order valence-electron chi connectivity index (χ4n) is 3.92. The first-order valence-corrected chi connectivity index (χ1v) is 8.81. The van der Waals surface area contributed by atoms with Crippen LogP contribution in [-0.4, -0.2) is 9.97 Å². The number of nitrogens with zero attached hydrogens (tertiary/aromatic N) is 1. The highest BCUT2D eigenvalue weighted by atomic mass is 19.4. The van der Waals surface area contributed by atoms with Crippen molar-refractivity contribution in [2.75, 3.05) is 0 Å². The van der Waals surface area contributed by atoms with Gasteiger partial charge in [0.25, 0.3) is 0 Å². The summed E-state index contributed by atoms with van der Waals surface area (Å²) in [6.07, 6.45) is -6.38. The monoisotopic (exact) mass is 398 g/mol. The third kappa shape index (κ3) is 3.25. The van der Waals surface area contributed by atoms with E-state index >= 15 is 0 Å². The molecule has 8 heteroatoms. The average Bonchev–Trinajstić information content (AvgIpc) is 3.04. The average molecular weight is 398 g/mol. The SMILES string of the molecule is C=C1CCCC(c2cc3ccc4c(C(F)(F)F)cc(C(F)(F)F)nc4c3[nH]2)C1. The third-order valence-corrected chi connectivity index (χ3v) is 5.25. The van der Waals surface area contributed by atoms with Gasteiger partial charge in [0.15, 0.2) is 0 Å². The maximum atomic E-state index is 13.4. The number of hydrogen-bond donors (Lipinski definition) is 1. The Balaban J connectivity index is 1.96. The molecule has 148 valence electrons. The highest BCUT2D eigenvalue weighted by Gasteiger charge is 2.39. The Hall–Kier alpha value is -2.51.